The molecule has 0 aliphatic rings. The van der Waals surface area contributed by atoms with Crippen LogP contribution in [0.5, 0.6) is 5.06 Å². The summed E-state index contributed by atoms with van der Waals surface area (Å²) in [5.74, 6) is 0.498. The van der Waals surface area contributed by atoms with Crippen LogP contribution in [0, 0.1) is 24.2 Å². The van der Waals surface area contributed by atoms with E-state index >= 15 is 0 Å². The third-order valence-corrected chi connectivity index (χ3v) is 4.11. The van der Waals surface area contributed by atoms with Crippen molar-refractivity contribution in [3.05, 3.63) is 35.0 Å². The zero-order valence-corrected chi connectivity index (χ0v) is 13.0. The maximum absolute atomic E-state index is 10.4. The fraction of sp³-hybridized carbons (Fsp3) is 0.312. The van der Waals surface area contributed by atoms with E-state index in [1.54, 1.807) is 6.92 Å². The number of rotatable bonds is 5. The predicted molar refractivity (Wildman–Crippen MR) is 82.2 cm³/mol. The first kappa shape index (κ1) is 15.2. The van der Waals surface area contributed by atoms with Gasteiger partial charge in [0.2, 0.25) is 5.06 Å². The molecule has 1 aromatic carbocycles. The van der Waals surface area contributed by atoms with E-state index < -0.39 is 0 Å². The molecule has 0 saturated carbocycles. The molecule has 0 saturated heterocycles. The van der Waals surface area contributed by atoms with Crippen molar-refractivity contribution in [2.45, 2.75) is 27.2 Å². The largest absolute Gasteiger partial charge is 0.416 e. The van der Waals surface area contributed by atoms with Crippen molar-refractivity contribution in [3.8, 4) is 21.7 Å². The van der Waals surface area contributed by atoms with Gasteiger partial charge in [0, 0.05) is 5.56 Å². The van der Waals surface area contributed by atoms with Gasteiger partial charge in [-0.1, -0.05) is 37.3 Å². The fourth-order valence-corrected chi connectivity index (χ4v) is 2.97. The van der Waals surface area contributed by atoms with Crippen molar-refractivity contribution in [2.75, 3.05) is 0 Å². The van der Waals surface area contributed by atoms with E-state index in [1.165, 1.54) is 11.3 Å². The molecule has 0 fully saturated rings. The van der Waals surface area contributed by atoms with Crippen LogP contribution in [0.1, 0.15) is 30.7 Å². The lowest BCUT2D eigenvalue weighted by Crippen LogP contribution is -1.97. The Labute approximate surface area is 128 Å². The Morgan fingerprint density at radius 1 is 1.48 bits per heavy atom. The van der Waals surface area contributed by atoms with Crippen LogP contribution in [-0.2, 0) is 11.2 Å². The first-order valence-corrected chi connectivity index (χ1v) is 7.48. The first-order chi connectivity index (χ1) is 10.0. The summed E-state index contributed by atoms with van der Waals surface area (Å²) in [4.78, 5) is 14.8. The average molecular weight is 300 g/mol. The number of hydrogen-bond donors (Lipinski definition) is 0. The van der Waals surface area contributed by atoms with E-state index in [2.05, 4.69) is 24.9 Å². The monoisotopic (exact) mass is 300 g/mol. The summed E-state index contributed by atoms with van der Waals surface area (Å²) < 4.78 is 4.88. The number of ether oxygens (including phenoxy) is 1. The number of thiazole rings is 1. The molecule has 1 aromatic heterocycles. The van der Waals surface area contributed by atoms with Gasteiger partial charge in [-0.2, -0.15) is 5.26 Å². The molecule has 0 aliphatic carbocycles. The Hall–Kier alpha value is -2.19. The molecule has 5 heteroatoms. The summed E-state index contributed by atoms with van der Waals surface area (Å²) in [5.41, 5.74) is 3.26. The Bertz CT molecular complexity index is 699. The van der Waals surface area contributed by atoms with Gasteiger partial charge in [0.25, 0.3) is 6.47 Å². The highest BCUT2D eigenvalue weighted by atomic mass is 32.1. The second-order valence-corrected chi connectivity index (χ2v) is 6.15. The van der Waals surface area contributed by atoms with E-state index in [4.69, 9.17) is 4.74 Å². The Kier molecular flexibility index (Phi) is 4.71. The highest BCUT2D eigenvalue weighted by Gasteiger charge is 2.13. The molecular formula is C16H16N2O2S. The van der Waals surface area contributed by atoms with Crippen molar-refractivity contribution < 1.29 is 9.53 Å². The van der Waals surface area contributed by atoms with Crippen LogP contribution in [0.3, 0.4) is 0 Å². The quantitative estimate of drug-likeness (QED) is 0.789. The van der Waals surface area contributed by atoms with Gasteiger partial charge < -0.3 is 4.74 Å². The molecule has 0 unspecified atom stereocenters. The van der Waals surface area contributed by atoms with Crippen LogP contribution in [0.4, 0.5) is 0 Å². The molecular weight excluding hydrogens is 284 g/mol. The van der Waals surface area contributed by atoms with Gasteiger partial charge in [0.15, 0.2) is 0 Å². The zero-order valence-electron chi connectivity index (χ0n) is 12.2. The molecule has 0 N–H and O–H groups in total. The summed E-state index contributed by atoms with van der Waals surface area (Å²) in [6, 6.07) is 8.03. The predicted octanol–water partition coefficient (Wildman–Crippen LogP) is 3.72. The number of carbonyl (C=O) groups excluding carboxylic acids is 1. The molecule has 0 radical (unpaired) electrons. The van der Waals surface area contributed by atoms with Crippen LogP contribution in [0.15, 0.2) is 18.2 Å². The van der Waals surface area contributed by atoms with E-state index in [-0.39, 0.29) is 0 Å². The average Bonchev–Trinajstić information content (AvgIpc) is 2.80. The first-order valence-electron chi connectivity index (χ1n) is 6.66. The van der Waals surface area contributed by atoms with Crippen LogP contribution >= 0.6 is 11.3 Å². The van der Waals surface area contributed by atoms with Gasteiger partial charge >= 0.3 is 0 Å². The lowest BCUT2D eigenvalue weighted by molar-refractivity contribution is -0.120. The minimum atomic E-state index is 0.400. The van der Waals surface area contributed by atoms with Gasteiger partial charge in [0.1, 0.15) is 5.01 Å². The van der Waals surface area contributed by atoms with Crippen LogP contribution in [0.25, 0.3) is 10.6 Å². The maximum atomic E-state index is 10.4. The van der Waals surface area contributed by atoms with Gasteiger partial charge in [-0.25, -0.2) is 4.98 Å². The Balaban J connectivity index is 2.39. The number of carbonyl (C=O) groups is 1. The molecule has 4 nitrogen and oxygen atoms in total. The summed E-state index contributed by atoms with van der Waals surface area (Å²) in [6.07, 6.45) is 0.875. The summed E-state index contributed by atoms with van der Waals surface area (Å²) in [5, 5.41) is 10.5. The van der Waals surface area contributed by atoms with Gasteiger partial charge in [-0.3, -0.25) is 4.79 Å². The van der Waals surface area contributed by atoms with Crippen molar-refractivity contribution in [1.82, 2.24) is 4.98 Å². The van der Waals surface area contributed by atoms with Gasteiger partial charge in [-0.15, -0.1) is 0 Å². The maximum Gasteiger partial charge on any atom is 0.299 e. The zero-order chi connectivity index (χ0) is 15.4. The Morgan fingerprint density at radius 2 is 2.24 bits per heavy atom. The number of aromatic nitrogens is 1. The molecule has 1 heterocycles. The summed E-state index contributed by atoms with van der Waals surface area (Å²) in [7, 11) is 0. The molecule has 2 rings (SSSR count). The van der Waals surface area contributed by atoms with Crippen molar-refractivity contribution >= 4 is 17.8 Å². The highest BCUT2D eigenvalue weighted by molar-refractivity contribution is 7.17. The number of hydrogen-bond acceptors (Lipinski definition) is 5. The summed E-state index contributed by atoms with van der Waals surface area (Å²) in [6.45, 7) is 6.44. The second-order valence-electron chi connectivity index (χ2n) is 5.19. The Morgan fingerprint density at radius 3 is 2.86 bits per heavy atom. The van der Waals surface area contributed by atoms with Crippen molar-refractivity contribution in [1.29, 1.82) is 5.26 Å². The van der Waals surface area contributed by atoms with E-state index in [0.29, 0.717) is 28.7 Å². The molecule has 0 aliphatic heterocycles. The normalized spacial score (nSPS) is 10.4. The summed E-state index contributed by atoms with van der Waals surface area (Å²) >= 11 is 1.30. The highest BCUT2D eigenvalue weighted by Crippen LogP contribution is 2.34. The molecule has 0 atom stereocenters. The van der Waals surface area contributed by atoms with E-state index in [1.807, 2.05) is 18.2 Å². The van der Waals surface area contributed by atoms with E-state index in [0.717, 1.165) is 22.6 Å². The molecule has 21 heavy (non-hydrogen) atoms. The third-order valence-electron chi connectivity index (χ3n) is 3.01. The molecule has 2 aromatic rings. The fourth-order valence-electron chi connectivity index (χ4n) is 2.09. The van der Waals surface area contributed by atoms with Gasteiger partial charge in [-0.05, 0) is 30.9 Å². The topological polar surface area (TPSA) is 63.0 Å². The number of aryl methyl sites for hydroxylation is 1. The molecule has 0 spiro atoms. The lowest BCUT2D eigenvalue weighted by Gasteiger charge is -2.08. The SMILES string of the molecule is Cc1nc(-c2ccc(CC(C)C)c(C#N)c2)sc1OC=O. The van der Waals surface area contributed by atoms with Crippen LogP contribution < -0.4 is 4.74 Å². The number of nitrogens with zero attached hydrogens (tertiary/aromatic N) is 2. The van der Waals surface area contributed by atoms with Crippen LogP contribution in [-0.4, -0.2) is 11.5 Å². The van der Waals surface area contributed by atoms with Crippen molar-refractivity contribution in [2.24, 2.45) is 5.92 Å². The van der Waals surface area contributed by atoms with E-state index in [9.17, 15) is 10.1 Å². The number of benzene rings is 1. The standard InChI is InChI=1S/C16H16N2O2S/c1-10(2)6-12-4-5-13(7-14(12)8-17)15-18-11(3)16(21-15)20-9-19/h4-5,7,9-10H,6H2,1-3H3. The molecule has 108 valence electrons. The second kappa shape index (κ2) is 6.51. The lowest BCUT2D eigenvalue weighted by atomic mass is 9.97. The minimum absolute atomic E-state index is 0.400. The molecule has 0 amide bonds. The van der Waals surface area contributed by atoms with Crippen LogP contribution in [0.2, 0.25) is 0 Å². The minimum Gasteiger partial charge on any atom is -0.416 e. The smallest absolute Gasteiger partial charge is 0.299 e. The van der Waals surface area contributed by atoms with Gasteiger partial charge in [0.05, 0.1) is 17.3 Å². The third kappa shape index (κ3) is 3.47. The van der Waals surface area contributed by atoms with Crippen molar-refractivity contribution in [3.63, 3.8) is 0 Å². The molecule has 0 bridgehead atoms. The number of nitriles is 1.